The number of carbonyl (C=O) groups is 1. The van der Waals surface area contributed by atoms with Gasteiger partial charge >= 0.3 is 6.03 Å². The molecule has 0 saturated carbocycles. The molecule has 2 aromatic carbocycles. The molecule has 0 aliphatic heterocycles. The van der Waals surface area contributed by atoms with Gasteiger partial charge in [-0.25, -0.2) is 14.2 Å². The van der Waals surface area contributed by atoms with Crippen LogP contribution in [0.5, 0.6) is 5.75 Å². The highest BCUT2D eigenvalue weighted by Crippen LogP contribution is 2.21. The lowest BCUT2D eigenvalue weighted by atomic mass is 10.1. The monoisotopic (exact) mass is 497 g/mol. The molecule has 0 aliphatic carbocycles. The van der Waals surface area contributed by atoms with Crippen LogP contribution < -0.4 is 15.4 Å². The van der Waals surface area contributed by atoms with E-state index in [2.05, 4.69) is 41.5 Å². The number of H-pyrrole nitrogens is 1. The number of urea groups is 1. The smallest absolute Gasteiger partial charge is 0.315 e. The van der Waals surface area contributed by atoms with Crippen LogP contribution in [-0.2, 0) is 13.0 Å². The number of ether oxygens (including phenoxy) is 1. The van der Waals surface area contributed by atoms with Crippen LogP contribution in [0.4, 0.5) is 9.18 Å². The number of methoxy groups -OCH3 is 1. The fourth-order valence-electron chi connectivity index (χ4n) is 3.30. The van der Waals surface area contributed by atoms with Crippen molar-refractivity contribution in [2.24, 2.45) is 0 Å². The minimum absolute atomic E-state index is 0.0413. The van der Waals surface area contributed by atoms with Crippen molar-refractivity contribution in [3.63, 3.8) is 0 Å². The Morgan fingerprint density at radius 1 is 1.22 bits per heavy atom. The number of hydrogen-bond acceptors (Lipinski definition) is 4. The van der Waals surface area contributed by atoms with Crippen molar-refractivity contribution >= 4 is 33.0 Å². The number of pyridine rings is 1. The Hall–Kier alpha value is -3.46. The van der Waals surface area contributed by atoms with E-state index < -0.39 is 17.9 Å². The lowest BCUT2D eigenvalue weighted by Gasteiger charge is -2.18. The normalized spacial score (nSPS) is 11.8. The molecule has 0 fully saturated rings. The Kier molecular flexibility index (Phi) is 6.65. The molecule has 9 heteroatoms. The van der Waals surface area contributed by atoms with Gasteiger partial charge in [0.25, 0.3) is 0 Å². The Labute approximate surface area is 192 Å². The summed E-state index contributed by atoms with van der Waals surface area (Å²) in [4.78, 5) is 24.6. The first-order valence-corrected chi connectivity index (χ1v) is 10.7. The number of para-hydroxylation sites is 2. The first kappa shape index (κ1) is 21.8. The Balaban J connectivity index is 1.51. The number of fused-ring (bicyclic) bond motifs is 1. The van der Waals surface area contributed by atoms with Crippen LogP contribution in [0, 0.1) is 5.82 Å². The Morgan fingerprint density at radius 3 is 2.72 bits per heavy atom. The first-order chi connectivity index (χ1) is 15.5. The molecule has 0 saturated heterocycles. The highest BCUT2D eigenvalue weighted by atomic mass is 79.9. The van der Waals surface area contributed by atoms with Gasteiger partial charge in [0.2, 0.25) is 0 Å². The molecule has 0 unspecified atom stereocenters. The predicted molar refractivity (Wildman–Crippen MR) is 123 cm³/mol. The maximum atomic E-state index is 14.0. The third kappa shape index (κ3) is 5.23. The lowest BCUT2D eigenvalue weighted by molar-refractivity contribution is 0.236. The van der Waals surface area contributed by atoms with Crippen molar-refractivity contribution in [3.05, 3.63) is 88.2 Å². The predicted octanol–water partition coefficient (Wildman–Crippen LogP) is 4.65. The summed E-state index contributed by atoms with van der Waals surface area (Å²) >= 11 is 3.17. The average molecular weight is 498 g/mol. The standard InChI is InChI=1S/C23H21BrFN5O2/c1-32-16-8-6-14(7-9-16)10-20(22-28-18-4-2-3-5-19(18)29-22)30-23(31)27-13-21-17(25)11-15(24)12-26-21/h2-9,11-12,20H,10,13H2,1H3,(H,28,29)(H2,27,30,31)/t20-/m1/s1. The summed E-state index contributed by atoms with van der Waals surface area (Å²) in [7, 11) is 1.61. The van der Waals surface area contributed by atoms with Gasteiger partial charge in [0.05, 0.1) is 36.4 Å². The molecule has 4 rings (SSSR count). The summed E-state index contributed by atoms with van der Waals surface area (Å²) in [6, 6.07) is 15.7. The van der Waals surface area contributed by atoms with Crippen molar-refractivity contribution in [1.29, 1.82) is 0 Å². The fourth-order valence-corrected chi connectivity index (χ4v) is 3.60. The van der Waals surface area contributed by atoms with Gasteiger partial charge in [-0.2, -0.15) is 0 Å². The first-order valence-electron chi connectivity index (χ1n) is 9.93. The molecule has 2 aromatic heterocycles. The maximum Gasteiger partial charge on any atom is 0.315 e. The van der Waals surface area contributed by atoms with E-state index in [0.717, 1.165) is 22.3 Å². The van der Waals surface area contributed by atoms with Gasteiger partial charge in [0, 0.05) is 10.7 Å². The van der Waals surface area contributed by atoms with E-state index in [1.165, 1.54) is 12.3 Å². The largest absolute Gasteiger partial charge is 0.497 e. The van der Waals surface area contributed by atoms with E-state index in [9.17, 15) is 9.18 Å². The summed E-state index contributed by atoms with van der Waals surface area (Å²) in [6.45, 7) is -0.0413. The van der Waals surface area contributed by atoms with Crippen molar-refractivity contribution in [2.45, 2.75) is 19.0 Å². The summed E-state index contributed by atoms with van der Waals surface area (Å²) in [5.74, 6) is 0.889. The molecular formula is C23H21BrFN5O2. The average Bonchev–Trinajstić information content (AvgIpc) is 3.23. The van der Waals surface area contributed by atoms with Crippen molar-refractivity contribution in [2.75, 3.05) is 7.11 Å². The molecule has 2 heterocycles. The summed E-state index contributed by atoms with van der Waals surface area (Å²) in [5.41, 5.74) is 2.84. The molecule has 1 atom stereocenters. The van der Waals surface area contributed by atoms with Crippen LogP contribution in [0.2, 0.25) is 0 Å². The van der Waals surface area contributed by atoms with Crippen LogP contribution in [0.1, 0.15) is 23.1 Å². The van der Waals surface area contributed by atoms with Crippen molar-refractivity contribution < 1.29 is 13.9 Å². The van der Waals surface area contributed by atoms with Crippen LogP contribution in [0.3, 0.4) is 0 Å². The molecule has 164 valence electrons. The Bertz CT molecular complexity index is 1200. The highest BCUT2D eigenvalue weighted by Gasteiger charge is 2.19. The molecule has 0 spiro atoms. The fraction of sp³-hybridized carbons (Fsp3) is 0.174. The summed E-state index contributed by atoms with van der Waals surface area (Å²) in [5, 5.41) is 5.61. The van der Waals surface area contributed by atoms with Gasteiger partial charge < -0.3 is 20.4 Å². The number of halogens is 2. The zero-order valence-electron chi connectivity index (χ0n) is 17.2. The van der Waals surface area contributed by atoms with Gasteiger partial charge in [-0.1, -0.05) is 24.3 Å². The molecule has 4 aromatic rings. The van der Waals surface area contributed by atoms with Gasteiger partial charge in [-0.3, -0.25) is 4.98 Å². The number of rotatable bonds is 7. The van der Waals surface area contributed by atoms with Crippen LogP contribution in [0.25, 0.3) is 11.0 Å². The van der Waals surface area contributed by atoms with E-state index in [1.807, 2.05) is 48.5 Å². The molecule has 0 radical (unpaired) electrons. The third-order valence-corrected chi connectivity index (χ3v) is 5.38. The quantitative estimate of drug-likeness (QED) is 0.346. The minimum Gasteiger partial charge on any atom is -0.497 e. The number of amides is 2. The number of carbonyl (C=O) groups excluding carboxylic acids is 1. The third-order valence-electron chi connectivity index (χ3n) is 4.94. The lowest BCUT2D eigenvalue weighted by Crippen LogP contribution is -2.39. The number of imidazole rings is 1. The number of nitrogens with zero attached hydrogens (tertiary/aromatic N) is 2. The molecule has 3 N–H and O–H groups in total. The zero-order valence-corrected chi connectivity index (χ0v) is 18.8. The van der Waals surface area contributed by atoms with Gasteiger partial charge in [-0.15, -0.1) is 0 Å². The molecular weight excluding hydrogens is 477 g/mol. The second-order valence-corrected chi connectivity index (χ2v) is 8.07. The van der Waals surface area contributed by atoms with Crippen molar-refractivity contribution in [3.8, 4) is 5.75 Å². The van der Waals surface area contributed by atoms with E-state index in [-0.39, 0.29) is 12.2 Å². The molecule has 32 heavy (non-hydrogen) atoms. The topological polar surface area (TPSA) is 91.9 Å². The van der Waals surface area contributed by atoms with Crippen LogP contribution in [-0.4, -0.2) is 28.1 Å². The van der Waals surface area contributed by atoms with E-state index in [1.54, 1.807) is 7.11 Å². The zero-order chi connectivity index (χ0) is 22.5. The molecule has 7 nitrogen and oxygen atoms in total. The van der Waals surface area contributed by atoms with Gasteiger partial charge in [0.1, 0.15) is 17.4 Å². The minimum atomic E-state index is -0.494. The number of hydrogen-bond donors (Lipinski definition) is 3. The second-order valence-electron chi connectivity index (χ2n) is 7.15. The molecule has 0 aliphatic rings. The SMILES string of the molecule is COc1ccc(C[C@@H](NC(=O)NCc2ncc(Br)cc2F)c2nc3ccccc3[nH]2)cc1. The summed E-state index contributed by atoms with van der Waals surface area (Å²) in [6.07, 6.45) is 1.99. The van der Waals surface area contributed by atoms with Crippen molar-refractivity contribution in [1.82, 2.24) is 25.6 Å². The number of benzene rings is 2. The number of nitrogens with one attached hydrogen (secondary N) is 3. The second kappa shape index (κ2) is 9.78. The number of aromatic nitrogens is 3. The molecule has 0 bridgehead atoms. The highest BCUT2D eigenvalue weighted by molar-refractivity contribution is 9.10. The van der Waals surface area contributed by atoms with E-state index in [0.29, 0.717) is 16.7 Å². The van der Waals surface area contributed by atoms with Crippen LogP contribution >= 0.6 is 15.9 Å². The van der Waals surface area contributed by atoms with E-state index >= 15 is 0 Å². The van der Waals surface area contributed by atoms with Gasteiger partial charge in [-0.05, 0) is 58.2 Å². The van der Waals surface area contributed by atoms with Gasteiger partial charge in [0.15, 0.2) is 0 Å². The Morgan fingerprint density at radius 2 is 2.00 bits per heavy atom. The molecule has 2 amide bonds. The summed E-state index contributed by atoms with van der Waals surface area (Å²) < 4.78 is 19.8. The van der Waals surface area contributed by atoms with E-state index in [4.69, 9.17) is 4.74 Å². The van der Waals surface area contributed by atoms with Crippen LogP contribution in [0.15, 0.2) is 65.3 Å². The number of aromatic amines is 1. The maximum absolute atomic E-state index is 14.0.